The van der Waals surface area contributed by atoms with Crippen molar-refractivity contribution in [3.8, 4) is 17.2 Å². The van der Waals surface area contributed by atoms with Gasteiger partial charge in [-0.05, 0) is 48.9 Å². The smallest absolute Gasteiger partial charge is 0.275 e. The van der Waals surface area contributed by atoms with E-state index in [2.05, 4.69) is 26.5 Å². The van der Waals surface area contributed by atoms with Crippen molar-refractivity contribution in [3.05, 3.63) is 52.0 Å². The minimum atomic E-state index is -0.511. The second-order valence-electron chi connectivity index (χ2n) is 4.70. The Morgan fingerprint density at radius 1 is 1.29 bits per heavy atom. The molecular formula is C17H17BrN2O4. The molecule has 0 fully saturated rings. The van der Waals surface area contributed by atoms with Gasteiger partial charge in [-0.3, -0.25) is 4.79 Å². The maximum atomic E-state index is 12.0. The monoisotopic (exact) mass is 392 g/mol. The molecule has 1 amide bonds. The molecule has 0 aliphatic rings. The van der Waals surface area contributed by atoms with Crippen LogP contribution < -0.4 is 14.9 Å². The molecule has 24 heavy (non-hydrogen) atoms. The van der Waals surface area contributed by atoms with Crippen molar-refractivity contribution in [2.75, 3.05) is 13.7 Å². The fraction of sp³-hybridized carbons (Fsp3) is 0.176. The summed E-state index contributed by atoms with van der Waals surface area (Å²) < 4.78 is 11.4. The molecule has 0 saturated carbocycles. The normalized spacial score (nSPS) is 10.6. The lowest BCUT2D eigenvalue weighted by molar-refractivity contribution is 0.0952. The third kappa shape index (κ3) is 4.48. The van der Waals surface area contributed by atoms with Crippen molar-refractivity contribution in [2.45, 2.75) is 6.92 Å². The Morgan fingerprint density at radius 3 is 2.79 bits per heavy atom. The number of nitrogens with one attached hydrogen (secondary N) is 1. The van der Waals surface area contributed by atoms with Gasteiger partial charge in [0.15, 0.2) is 11.5 Å². The summed E-state index contributed by atoms with van der Waals surface area (Å²) in [7, 11) is 1.55. The lowest BCUT2D eigenvalue weighted by Gasteiger charge is -2.09. The minimum Gasteiger partial charge on any atom is -0.507 e. The molecule has 7 heteroatoms. The lowest BCUT2D eigenvalue weighted by atomic mass is 10.2. The standard InChI is InChI=1S/C17H17BrN2O4/c1-3-24-15-7-4-11(8-16(15)23-2)10-19-20-17(22)13-9-12(18)5-6-14(13)21/h4-10,21H,3H2,1-2H3,(H,20,22)/b19-10-. The molecule has 126 valence electrons. The molecule has 0 aromatic heterocycles. The second-order valence-corrected chi connectivity index (χ2v) is 5.62. The molecule has 0 radical (unpaired) electrons. The van der Waals surface area contributed by atoms with Crippen LogP contribution in [-0.2, 0) is 0 Å². The van der Waals surface area contributed by atoms with Crippen LogP contribution >= 0.6 is 15.9 Å². The van der Waals surface area contributed by atoms with Crippen molar-refractivity contribution in [3.63, 3.8) is 0 Å². The van der Waals surface area contributed by atoms with E-state index in [4.69, 9.17) is 9.47 Å². The van der Waals surface area contributed by atoms with Crippen molar-refractivity contribution < 1.29 is 19.4 Å². The average molecular weight is 393 g/mol. The number of benzene rings is 2. The molecule has 0 aliphatic heterocycles. The van der Waals surface area contributed by atoms with Gasteiger partial charge in [0.2, 0.25) is 0 Å². The van der Waals surface area contributed by atoms with Crippen LogP contribution in [0.2, 0.25) is 0 Å². The Kier molecular flexibility index (Phi) is 6.20. The number of carbonyl (C=O) groups excluding carboxylic acids is 1. The Morgan fingerprint density at radius 2 is 2.08 bits per heavy atom. The maximum Gasteiger partial charge on any atom is 0.275 e. The van der Waals surface area contributed by atoms with E-state index in [-0.39, 0.29) is 11.3 Å². The Balaban J connectivity index is 2.08. The molecule has 6 nitrogen and oxygen atoms in total. The lowest BCUT2D eigenvalue weighted by Crippen LogP contribution is -2.17. The summed E-state index contributed by atoms with van der Waals surface area (Å²) in [6.07, 6.45) is 1.48. The predicted octanol–water partition coefficient (Wildman–Crippen LogP) is 3.33. The first kappa shape index (κ1) is 17.8. The quantitative estimate of drug-likeness (QED) is 0.583. The summed E-state index contributed by atoms with van der Waals surface area (Å²) >= 11 is 3.25. The molecule has 0 heterocycles. The van der Waals surface area contributed by atoms with Gasteiger partial charge in [0.25, 0.3) is 5.91 Å². The number of methoxy groups -OCH3 is 1. The predicted molar refractivity (Wildman–Crippen MR) is 95.0 cm³/mol. The Hall–Kier alpha value is -2.54. The van der Waals surface area contributed by atoms with Crippen molar-refractivity contribution >= 4 is 28.1 Å². The van der Waals surface area contributed by atoms with Crippen LogP contribution in [0.15, 0.2) is 46.0 Å². The number of hydrogen-bond donors (Lipinski definition) is 2. The number of phenols is 1. The third-order valence-corrected chi connectivity index (χ3v) is 3.56. The van der Waals surface area contributed by atoms with Crippen LogP contribution in [0, 0.1) is 0 Å². The third-order valence-electron chi connectivity index (χ3n) is 3.07. The molecule has 0 aliphatic carbocycles. The van der Waals surface area contributed by atoms with Crippen LogP contribution in [0.4, 0.5) is 0 Å². The van der Waals surface area contributed by atoms with Crippen molar-refractivity contribution in [2.24, 2.45) is 5.10 Å². The van der Waals surface area contributed by atoms with Crippen molar-refractivity contribution in [1.82, 2.24) is 5.43 Å². The van der Waals surface area contributed by atoms with E-state index in [0.29, 0.717) is 22.6 Å². The molecule has 2 aromatic rings. The first-order valence-corrected chi connectivity index (χ1v) is 7.97. The van der Waals surface area contributed by atoms with Gasteiger partial charge in [0.1, 0.15) is 5.75 Å². The number of rotatable bonds is 6. The van der Waals surface area contributed by atoms with Crippen molar-refractivity contribution in [1.29, 1.82) is 0 Å². The number of hydrogen-bond acceptors (Lipinski definition) is 5. The number of aromatic hydroxyl groups is 1. The van der Waals surface area contributed by atoms with Gasteiger partial charge < -0.3 is 14.6 Å². The van der Waals surface area contributed by atoms with Crippen LogP contribution in [0.5, 0.6) is 17.2 Å². The first-order valence-electron chi connectivity index (χ1n) is 7.18. The van der Waals surface area contributed by atoms with E-state index < -0.39 is 5.91 Å². The van der Waals surface area contributed by atoms with E-state index in [0.717, 1.165) is 5.56 Å². The molecular weight excluding hydrogens is 376 g/mol. The van der Waals surface area contributed by atoms with E-state index >= 15 is 0 Å². The van der Waals surface area contributed by atoms with Crippen LogP contribution in [0.1, 0.15) is 22.8 Å². The summed E-state index contributed by atoms with van der Waals surface area (Å²) in [6, 6.07) is 9.89. The summed E-state index contributed by atoms with van der Waals surface area (Å²) in [5, 5.41) is 13.6. The summed E-state index contributed by atoms with van der Waals surface area (Å²) in [6.45, 7) is 2.43. The summed E-state index contributed by atoms with van der Waals surface area (Å²) in [5.74, 6) is 0.591. The minimum absolute atomic E-state index is 0.117. The summed E-state index contributed by atoms with van der Waals surface area (Å²) in [5.41, 5.74) is 3.23. The van der Waals surface area contributed by atoms with E-state index in [9.17, 15) is 9.90 Å². The van der Waals surface area contributed by atoms with Gasteiger partial charge in [0.05, 0.1) is 25.5 Å². The molecule has 2 N–H and O–H groups in total. The Bertz CT molecular complexity index is 762. The summed E-state index contributed by atoms with van der Waals surface area (Å²) in [4.78, 5) is 12.0. The molecule has 0 bridgehead atoms. The fourth-order valence-corrected chi connectivity index (χ4v) is 2.32. The highest BCUT2D eigenvalue weighted by molar-refractivity contribution is 9.10. The number of hydrazone groups is 1. The maximum absolute atomic E-state index is 12.0. The van der Waals surface area contributed by atoms with Gasteiger partial charge in [-0.1, -0.05) is 15.9 Å². The SMILES string of the molecule is CCOc1ccc(/C=N\NC(=O)c2cc(Br)ccc2O)cc1OC. The average Bonchev–Trinajstić information content (AvgIpc) is 2.58. The van der Waals surface area contributed by atoms with Gasteiger partial charge in [-0.15, -0.1) is 0 Å². The molecule has 0 saturated heterocycles. The number of ether oxygens (including phenoxy) is 2. The fourth-order valence-electron chi connectivity index (χ4n) is 1.96. The molecule has 0 spiro atoms. The first-order chi connectivity index (χ1) is 11.5. The van der Waals surface area contributed by atoms with Crippen LogP contribution in [0.3, 0.4) is 0 Å². The molecule has 0 unspecified atom stereocenters. The topological polar surface area (TPSA) is 80.2 Å². The van der Waals surface area contributed by atoms with Gasteiger partial charge >= 0.3 is 0 Å². The van der Waals surface area contributed by atoms with Crippen LogP contribution in [0.25, 0.3) is 0 Å². The second kappa shape index (κ2) is 8.35. The Labute approximate surface area is 148 Å². The van der Waals surface area contributed by atoms with Gasteiger partial charge in [0, 0.05) is 4.47 Å². The highest BCUT2D eigenvalue weighted by Crippen LogP contribution is 2.27. The molecule has 2 aromatic carbocycles. The largest absolute Gasteiger partial charge is 0.507 e. The highest BCUT2D eigenvalue weighted by atomic mass is 79.9. The molecule has 0 atom stereocenters. The van der Waals surface area contributed by atoms with E-state index in [1.54, 1.807) is 31.4 Å². The van der Waals surface area contributed by atoms with Gasteiger partial charge in [-0.2, -0.15) is 5.10 Å². The van der Waals surface area contributed by atoms with E-state index in [1.807, 2.05) is 6.92 Å². The number of carbonyl (C=O) groups is 1. The van der Waals surface area contributed by atoms with E-state index in [1.165, 1.54) is 18.3 Å². The zero-order valence-electron chi connectivity index (χ0n) is 13.2. The van der Waals surface area contributed by atoms with Crippen LogP contribution in [-0.4, -0.2) is 30.9 Å². The highest BCUT2D eigenvalue weighted by Gasteiger charge is 2.10. The zero-order chi connectivity index (χ0) is 17.5. The molecule has 2 rings (SSSR count). The number of phenolic OH excluding ortho intramolecular Hbond substituents is 1. The van der Waals surface area contributed by atoms with Gasteiger partial charge in [-0.25, -0.2) is 5.43 Å². The zero-order valence-corrected chi connectivity index (χ0v) is 14.8. The number of halogens is 1. The number of amides is 1. The number of nitrogens with zero attached hydrogens (tertiary/aromatic N) is 1.